The Kier molecular flexibility index (Phi) is 5.92. The number of nitrogens with zero attached hydrogens (tertiary/aromatic N) is 1. The van der Waals surface area contributed by atoms with Crippen LogP contribution in [0.5, 0.6) is 0 Å². The molecule has 80 valence electrons. The maximum Gasteiger partial charge on any atom is 1.00 e. The van der Waals surface area contributed by atoms with Crippen LogP contribution in [-0.4, -0.2) is 21.3 Å². The van der Waals surface area contributed by atoms with Gasteiger partial charge >= 0.3 is 18.9 Å². The van der Waals surface area contributed by atoms with Crippen LogP contribution in [0.4, 0.5) is 0 Å². The van der Waals surface area contributed by atoms with Crippen LogP contribution in [0.3, 0.4) is 0 Å². The molecule has 2 aliphatic rings. The maximum atomic E-state index is 5.23. The summed E-state index contributed by atoms with van der Waals surface area (Å²) < 4.78 is 0.726. The summed E-state index contributed by atoms with van der Waals surface area (Å²) in [6.45, 7) is 0. The predicted octanol–water partition coefficient (Wildman–Crippen LogP) is 0.00940. The van der Waals surface area contributed by atoms with Crippen molar-refractivity contribution in [2.75, 3.05) is 0 Å². The van der Waals surface area contributed by atoms with Gasteiger partial charge in [0.25, 0.3) is 0 Å². The first-order valence-corrected chi connectivity index (χ1v) is 6.60. The first-order valence-electron chi connectivity index (χ1n) is 5.78. The molecule has 0 atom stereocenters. The van der Waals surface area contributed by atoms with E-state index in [1.54, 1.807) is 0 Å². The molecule has 0 aliphatic heterocycles. The summed E-state index contributed by atoms with van der Waals surface area (Å²) in [7, 11) is 0. The van der Waals surface area contributed by atoms with Crippen molar-refractivity contribution >= 4 is 29.2 Å². The van der Waals surface area contributed by atoms with Crippen LogP contribution in [0.2, 0.25) is 0 Å². The van der Waals surface area contributed by atoms with Crippen LogP contribution in [0.15, 0.2) is 0 Å². The van der Waals surface area contributed by atoms with E-state index in [9.17, 15) is 0 Å². The van der Waals surface area contributed by atoms with Gasteiger partial charge in [0, 0.05) is 12.1 Å². The summed E-state index contributed by atoms with van der Waals surface area (Å²) in [6, 6.07) is 1.37. The molecule has 0 aromatic heterocycles. The third-order valence-electron chi connectivity index (χ3n) is 3.65. The largest absolute Gasteiger partial charge is 1.00 e. The van der Waals surface area contributed by atoms with E-state index in [1.165, 1.54) is 51.4 Å². The van der Waals surface area contributed by atoms with Gasteiger partial charge in [0.2, 0.25) is 0 Å². The van der Waals surface area contributed by atoms with Crippen LogP contribution < -0.4 is 18.9 Å². The van der Waals surface area contributed by atoms with Crippen molar-refractivity contribution in [1.82, 2.24) is 4.90 Å². The van der Waals surface area contributed by atoms with Gasteiger partial charge in [-0.15, -0.1) is 0 Å². The summed E-state index contributed by atoms with van der Waals surface area (Å²) in [5.74, 6) is 0. The molecule has 15 heavy (non-hydrogen) atoms. The minimum atomic E-state index is 0. The second kappa shape index (κ2) is 6.44. The molecule has 0 aromatic carbocycles. The van der Waals surface area contributed by atoms with E-state index >= 15 is 0 Å². The summed E-state index contributed by atoms with van der Waals surface area (Å²) in [6.07, 6.45) is 10.7. The van der Waals surface area contributed by atoms with E-state index in [2.05, 4.69) is 4.90 Å². The minimum absolute atomic E-state index is 0. The Morgan fingerprint density at radius 3 is 1.53 bits per heavy atom. The zero-order chi connectivity index (χ0) is 9.97. The van der Waals surface area contributed by atoms with Crippen molar-refractivity contribution in [3.8, 4) is 0 Å². The molecule has 0 saturated heterocycles. The second-order valence-electron chi connectivity index (χ2n) is 4.55. The molecule has 0 N–H and O–H groups in total. The smallest absolute Gasteiger partial charge is 0.411 e. The second-order valence-corrected chi connectivity index (χ2v) is 5.58. The van der Waals surface area contributed by atoms with E-state index in [0.29, 0.717) is 12.1 Å². The van der Waals surface area contributed by atoms with E-state index in [0.717, 1.165) is 4.32 Å². The number of thiocarbonyl (C=S) groups is 1. The summed E-state index contributed by atoms with van der Waals surface area (Å²) in [5, 5.41) is 0. The summed E-state index contributed by atoms with van der Waals surface area (Å²) in [5.41, 5.74) is 0. The average molecular weight is 235 g/mol. The van der Waals surface area contributed by atoms with E-state index < -0.39 is 0 Å². The monoisotopic (exact) mass is 235 g/mol. The first-order chi connectivity index (χ1) is 6.79. The molecule has 4 heteroatoms. The normalized spacial score (nSPS) is 22.7. The molecule has 1 nitrogen and oxygen atoms in total. The first kappa shape index (κ1) is 13.8. The van der Waals surface area contributed by atoms with Crippen molar-refractivity contribution in [2.24, 2.45) is 0 Å². The fourth-order valence-corrected chi connectivity index (χ4v) is 3.56. The molecule has 0 spiro atoms. The van der Waals surface area contributed by atoms with Gasteiger partial charge in [0.1, 0.15) is 0 Å². The average Bonchev–Trinajstić information content (AvgIpc) is 2.75. The Labute approximate surface area is 116 Å². The van der Waals surface area contributed by atoms with Gasteiger partial charge in [-0.2, -0.15) is 0 Å². The Morgan fingerprint density at radius 1 is 0.933 bits per heavy atom. The zero-order valence-corrected chi connectivity index (χ0v) is 11.2. The van der Waals surface area contributed by atoms with Crippen molar-refractivity contribution in [1.29, 1.82) is 0 Å². The van der Waals surface area contributed by atoms with Crippen LogP contribution >= 0.6 is 12.2 Å². The van der Waals surface area contributed by atoms with E-state index in [-0.39, 0.29) is 18.9 Å². The molecule has 0 radical (unpaired) electrons. The Morgan fingerprint density at radius 2 is 1.27 bits per heavy atom. The van der Waals surface area contributed by atoms with Crippen LogP contribution in [0.25, 0.3) is 0 Å². The third kappa shape index (κ3) is 3.33. The standard InChI is InChI=1S/C11H19NS2.Li/c13-11(14)12(9-5-1-2-6-9)10-7-3-4-8-10;/h9-10H,1-8H2,(H,13,14);/q;+1/p-1. The quantitative estimate of drug-likeness (QED) is 0.377. The number of hydrogen-bond acceptors (Lipinski definition) is 2. The molecule has 2 rings (SSSR count). The SMILES string of the molecule is S=C([S-])N(C1CCCC1)C1CCCC1.[Li+]. The van der Waals surface area contributed by atoms with Crippen LogP contribution in [0.1, 0.15) is 51.4 Å². The Bertz CT molecular complexity index is 195. The molecule has 0 amide bonds. The predicted molar refractivity (Wildman–Crippen MR) is 66.3 cm³/mol. The minimum Gasteiger partial charge on any atom is -0.411 e. The van der Waals surface area contributed by atoms with Gasteiger partial charge in [-0.1, -0.05) is 30.0 Å². The van der Waals surface area contributed by atoms with Gasteiger partial charge in [0.05, 0.1) is 0 Å². The molecule has 2 fully saturated rings. The van der Waals surface area contributed by atoms with Crippen molar-refractivity contribution < 1.29 is 18.9 Å². The van der Waals surface area contributed by atoms with E-state index in [4.69, 9.17) is 24.8 Å². The van der Waals surface area contributed by atoms with Gasteiger partial charge < -0.3 is 29.7 Å². The zero-order valence-electron chi connectivity index (χ0n) is 9.58. The van der Waals surface area contributed by atoms with Crippen molar-refractivity contribution in [3.63, 3.8) is 0 Å². The topological polar surface area (TPSA) is 3.24 Å². The molecule has 0 unspecified atom stereocenters. The van der Waals surface area contributed by atoms with Gasteiger partial charge in [-0.05, 0) is 25.7 Å². The van der Waals surface area contributed by atoms with Crippen LogP contribution in [-0.2, 0) is 12.6 Å². The molecule has 0 heterocycles. The number of rotatable bonds is 2. The summed E-state index contributed by atoms with van der Waals surface area (Å²) in [4.78, 5) is 2.39. The fraction of sp³-hybridized carbons (Fsp3) is 0.909. The number of hydrogen-bond donors (Lipinski definition) is 0. The van der Waals surface area contributed by atoms with Crippen molar-refractivity contribution in [2.45, 2.75) is 63.5 Å². The third-order valence-corrected chi connectivity index (χ3v) is 4.07. The molecule has 2 saturated carbocycles. The molecule has 0 aromatic rings. The molecular formula is C11H18LiNS2. The van der Waals surface area contributed by atoms with Gasteiger partial charge in [-0.3, -0.25) is 0 Å². The van der Waals surface area contributed by atoms with Crippen LogP contribution in [0, 0.1) is 0 Å². The Balaban J connectivity index is 0.00000112. The van der Waals surface area contributed by atoms with Gasteiger partial charge in [0.15, 0.2) is 0 Å². The fourth-order valence-electron chi connectivity index (χ4n) is 2.96. The molecule has 0 bridgehead atoms. The maximum absolute atomic E-state index is 5.23. The van der Waals surface area contributed by atoms with E-state index in [1.807, 2.05) is 0 Å². The van der Waals surface area contributed by atoms with Crippen molar-refractivity contribution in [3.05, 3.63) is 0 Å². The molecular weight excluding hydrogens is 217 g/mol. The van der Waals surface area contributed by atoms with Gasteiger partial charge in [-0.25, -0.2) is 0 Å². The Hall–Kier alpha value is 0.707. The molecule has 2 aliphatic carbocycles. The summed E-state index contributed by atoms with van der Waals surface area (Å²) >= 11 is 10.5.